The Balaban J connectivity index is 1.43. The van der Waals surface area contributed by atoms with Crippen molar-refractivity contribution in [3.8, 4) is 45.3 Å². The first kappa shape index (κ1) is 21.1. The van der Waals surface area contributed by atoms with Crippen molar-refractivity contribution in [2.24, 2.45) is 0 Å². The normalized spacial score (nSPS) is 14.1. The van der Waals surface area contributed by atoms with Crippen LogP contribution in [0.2, 0.25) is 0 Å². The van der Waals surface area contributed by atoms with Gasteiger partial charge in [-0.2, -0.15) is 0 Å². The van der Waals surface area contributed by atoms with Crippen molar-refractivity contribution >= 4 is 23.1 Å². The second-order valence-electron chi connectivity index (χ2n) is 9.15. The van der Waals surface area contributed by atoms with Crippen LogP contribution in [0.25, 0.3) is 22.3 Å². The van der Waals surface area contributed by atoms with Crippen molar-refractivity contribution in [3.63, 3.8) is 0 Å². The summed E-state index contributed by atoms with van der Waals surface area (Å²) in [6.45, 7) is 3.93. The Morgan fingerprint density at radius 1 is 0.583 bits per heavy atom. The minimum Gasteiger partial charge on any atom is -0.456 e. The molecule has 174 valence electrons. The number of pyridine rings is 2. The molecule has 7 rings (SSSR count). The van der Waals surface area contributed by atoms with Crippen molar-refractivity contribution in [1.82, 2.24) is 9.97 Å². The van der Waals surface area contributed by atoms with E-state index in [9.17, 15) is 0 Å². The highest BCUT2D eigenvalue weighted by molar-refractivity contribution is 7.86. The number of aromatic nitrogens is 2. The lowest BCUT2D eigenvalue weighted by atomic mass is 10.1. The van der Waals surface area contributed by atoms with Gasteiger partial charge in [0.05, 0.1) is 10.6 Å². The largest absolute Gasteiger partial charge is 0.456 e. The molecular weight excluding hydrogens is 467 g/mol. The smallest absolute Gasteiger partial charge is 0.185 e. The third-order valence-electron chi connectivity index (χ3n) is 6.77. The summed E-state index contributed by atoms with van der Waals surface area (Å²) >= 11 is 0. The molecule has 6 heteroatoms. The maximum Gasteiger partial charge on any atom is 0.185 e. The number of rotatable bonds is 2. The van der Waals surface area contributed by atoms with Crippen LogP contribution in [0.15, 0.2) is 91.3 Å². The molecule has 5 nitrogen and oxygen atoms in total. The lowest BCUT2D eigenvalue weighted by Crippen LogP contribution is -2.35. The van der Waals surface area contributed by atoms with E-state index in [2.05, 4.69) is 9.97 Å². The minimum atomic E-state index is -3.23. The molecule has 0 saturated heterocycles. The Morgan fingerprint density at radius 2 is 1.06 bits per heavy atom. The Bertz CT molecular complexity index is 1640. The molecule has 0 N–H and O–H groups in total. The van der Waals surface area contributed by atoms with Crippen LogP contribution in [-0.4, -0.2) is 9.97 Å². The Morgan fingerprint density at radius 3 is 1.53 bits per heavy atom. The Labute approximate surface area is 208 Å². The van der Waals surface area contributed by atoms with Crippen LogP contribution in [0.4, 0.5) is 0 Å². The molecular formula is C30H21N2O3P. The lowest BCUT2D eigenvalue weighted by Gasteiger charge is -2.34. The fraction of sp³-hybridized carbons (Fsp3) is 0.0667. The summed E-state index contributed by atoms with van der Waals surface area (Å²) in [5.74, 6) is 2.37. The van der Waals surface area contributed by atoms with Crippen molar-refractivity contribution in [2.75, 3.05) is 0 Å². The van der Waals surface area contributed by atoms with Crippen LogP contribution < -0.4 is 25.4 Å². The molecule has 4 heterocycles. The zero-order chi connectivity index (χ0) is 24.4. The second kappa shape index (κ2) is 7.64. The van der Waals surface area contributed by atoms with Crippen molar-refractivity contribution in [2.45, 2.75) is 13.8 Å². The van der Waals surface area contributed by atoms with E-state index in [0.29, 0.717) is 38.9 Å². The van der Waals surface area contributed by atoms with Crippen LogP contribution in [0.5, 0.6) is 23.0 Å². The number of benzene rings is 3. The van der Waals surface area contributed by atoms with Gasteiger partial charge in [-0.3, -0.25) is 9.97 Å². The number of fused-ring (bicyclic) bond motifs is 4. The van der Waals surface area contributed by atoms with E-state index < -0.39 is 7.14 Å². The van der Waals surface area contributed by atoms with Gasteiger partial charge < -0.3 is 14.0 Å². The van der Waals surface area contributed by atoms with Crippen molar-refractivity contribution < 1.29 is 14.0 Å². The zero-order valence-corrected chi connectivity index (χ0v) is 20.6. The maximum atomic E-state index is 15.2. The first-order valence-corrected chi connectivity index (χ1v) is 13.5. The highest BCUT2D eigenvalue weighted by atomic mass is 31.2. The summed E-state index contributed by atoms with van der Waals surface area (Å²) < 4.78 is 27.8. The third-order valence-corrected chi connectivity index (χ3v) is 9.94. The first-order chi connectivity index (χ1) is 17.5. The molecule has 5 aromatic rings. The average molecular weight is 488 g/mol. The summed E-state index contributed by atoms with van der Waals surface area (Å²) in [6, 6.07) is 25.4. The van der Waals surface area contributed by atoms with Crippen LogP contribution in [0.3, 0.4) is 0 Å². The quantitative estimate of drug-likeness (QED) is 0.268. The van der Waals surface area contributed by atoms with Crippen LogP contribution >= 0.6 is 7.14 Å². The molecule has 0 radical (unpaired) electrons. The minimum absolute atomic E-state index is 0.575. The van der Waals surface area contributed by atoms with Crippen LogP contribution in [0.1, 0.15) is 11.4 Å². The van der Waals surface area contributed by atoms with E-state index in [1.54, 1.807) is 12.4 Å². The highest BCUT2D eigenvalue weighted by Crippen LogP contribution is 2.58. The summed E-state index contributed by atoms with van der Waals surface area (Å²) in [4.78, 5) is 8.60. The van der Waals surface area contributed by atoms with Gasteiger partial charge in [0, 0.05) is 23.8 Å². The van der Waals surface area contributed by atoms with E-state index >= 15 is 4.57 Å². The topological polar surface area (TPSA) is 61.3 Å². The van der Waals surface area contributed by atoms with Gasteiger partial charge in [-0.1, -0.05) is 18.2 Å². The molecule has 2 aromatic heterocycles. The van der Waals surface area contributed by atoms with Gasteiger partial charge in [-0.15, -0.1) is 0 Å². The molecule has 2 aliphatic rings. The zero-order valence-electron chi connectivity index (χ0n) is 19.7. The molecule has 36 heavy (non-hydrogen) atoms. The number of aryl methyl sites for hydroxylation is 2. The molecule has 2 aliphatic heterocycles. The van der Waals surface area contributed by atoms with Crippen molar-refractivity contribution in [3.05, 3.63) is 103 Å². The summed E-state index contributed by atoms with van der Waals surface area (Å²) in [5.41, 5.74) is 5.93. The van der Waals surface area contributed by atoms with Crippen molar-refractivity contribution in [1.29, 1.82) is 0 Å². The second-order valence-corrected chi connectivity index (χ2v) is 11.8. The summed E-state index contributed by atoms with van der Waals surface area (Å²) in [5, 5.41) is 2.01. The standard InChI is InChI=1S/C30H21N2O3P/c1-18-14-22(10-12-31-18)20-6-8-28-26(16-20)34-24-4-3-5-25-30(24)36(28,33)29-9-7-21(17-27(29)35-25)23-11-13-32-19(2)15-23/h3-17H,1-2H3. The molecule has 0 atom stereocenters. The SMILES string of the molecule is Cc1cc(-c2ccc3c(c2)Oc2cccc4c2P3(=O)c2ccc(-c3ccnc(C)c3)cc2O4)ccn1. The summed E-state index contributed by atoms with van der Waals surface area (Å²) in [7, 11) is -3.23. The third kappa shape index (κ3) is 3.06. The van der Waals surface area contributed by atoms with Crippen LogP contribution in [-0.2, 0) is 4.57 Å². The Kier molecular flexibility index (Phi) is 4.48. The summed E-state index contributed by atoms with van der Waals surface area (Å²) in [6.07, 6.45) is 3.59. The molecule has 0 fully saturated rings. The van der Waals surface area contributed by atoms with E-state index in [1.165, 1.54) is 0 Å². The van der Waals surface area contributed by atoms with Gasteiger partial charge >= 0.3 is 0 Å². The molecule has 0 unspecified atom stereocenters. The van der Waals surface area contributed by atoms with E-state index in [-0.39, 0.29) is 0 Å². The van der Waals surface area contributed by atoms with Gasteiger partial charge in [0.25, 0.3) is 0 Å². The van der Waals surface area contributed by atoms with Gasteiger partial charge in [0.15, 0.2) is 7.14 Å². The van der Waals surface area contributed by atoms with E-state index in [0.717, 1.165) is 33.6 Å². The number of hydrogen-bond donors (Lipinski definition) is 0. The van der Waals surface area contributed by atoms with Gasteiger partial charge in [-0.05, 0) is 96.8 Å². The maximum absolute atomic E-state index is 15.2. The fourth-order valence-electron chi connectivity index (χ4n) is 5.11. The molecule has 0 aliphatic carbocycles. The van der Waals surface area contributed by atoms with Gasteiger partial charge in [0.2, 0.25) is 0 Å². The fourth-order valence-corrected chi connectivity index (χ4v) is 8.12. The average Bonchev–Trinajstić information content (AvgIpc) is 2.88. The number of ether oxygens (including phenoxy) is 2. The van der Waals surface area contributed by atoms with Gasteiger partial charge in [-0.25, -0.2) is 0 Å². The molecule has 0 amide bonds. The molecule has 0 bridgehead atoms. The Hall–Kier alpha value is -4.21. The van der Waals surface area contributed by atoms with E-state index in [1.807, 2.05) is 92.7 Å². The number of hydrogen-bond acceptors (Lipinski definition) is 5. The first-order valence-electron chi connectivity index (χ1n) is 11.8. The highest BCUT2D eigenvalue weighted by Gasteiger charge is 2.46. The molecule has 3 aromatic carbocycles. The molecule has 0 saturated carbocycles. The molecule has 0 spiro atoms. The lowest BCUT2D eigenvalue weighted by molar-refractivity contribution is 0.462. The van der Waals surface area contributed by atoms with E-state index in [4.69, 9.17) is 9.47 Å². The predicted molar refractivity (Wildman–Crippen MR) is 142 cm³/mol. The van der Waals surface area contributed by atoms with Crippen LogP contribution in [0, 0.1) is 13.8 Å². The predicted octanol–water partition coefficient (Wildman–Crippen LogP) is 6.28. The van der Waals surface area contributed by atoms with Gasteiger partial charge in [0.1, 0.15) is 28.3 Å². The monoisotopic (exact) mass is 488 g/mol. The number of nitrogens with zero attached hydrogens (tertiary/aromatic N) is 2.